The number of benzene rings is 2. The molecule has 3 aromatic rings. The highest BCUT2D eigenvalue weighted by Crippen LogP contribution is 2.38. The summed E-state index contributed by atoms with van der Waals surface area (Å²) in [6, 6.07) is 13.1. The monoisotopic (exact) mass is 380 g/mol. The maximum Gasteiger partial charge on any atom is 0.255 e. The average Bonchev–Trinajstić information content (AvgIpc) is 3.10. The lowest BCUT2D eigenvalue weighted by Crippen LogP contribution is -2.24. The molecule has 2 heterocycles. The summed E-state index contributed by atoms with van der Waals surface area (Å²) in [6.45, 7) is -0.199. The van der Waals surface area contributed by atoms with E-state index in [1.54, 1.807) is 30.5 Å². The first-order valence-corrected chi connectivity index (χ1v) is 8.66. The van der Waals surface area contributed by atoms with Crippen molar-refractivity contribution in [2.45, 2.75) is 12.3 Å². The maximum atomic E-state index is 13.6. The second-order valence-corrected chi connectivity index (χ2v) is 6.47. The molecule has 4 rings (SSSR count). The number of nitrogens with zero attached hydrogens (tertiary/aromatic N) is 2. The fourth-order valence-corrected chi connectivity index (χ4v) is 3.27. The number of amides is 2. The van der Waals surface area contributed by atoms with Gasteiger partial charge in [-0.2, -0.15) is 5.10 Å². The Labute approximate surface area is 159 Å². The zero-order valence-corrected chi connectivity index (χ0v) is 14.8. The third-order valence-electron chi connectivity index (χ3n) is 4.54. The zero-order valence-electron chi connectivity index (χ0n) is 14.8. The highest BCUT2D eigenvalue weighted by molar-refractivity contribution is 5.94. The molecular formula is C20H17FN4O3. The van der Waals surface area contributed by atoms with Gasteiger partial charge in [0.25, 0.3) is 5.91 Å². The molecule has 142 valence electrons. The Hall–Kier alpha value is -3.68. The minimum absolute atomic E-state index is 0.148. The molecule has 0 bridgehead atoms. The molecule has 7 nitrogen and oxygen atoms in total. The second-order valence-electron chi connectivity index (χ2n) is 6.47. The van der Waals surface area contributed by atoms with Gasteiger partial charge >= 0.3 is 0 Å². The van der Waals surface area contributed by atoms with Crippen molar-refractivity contribution >= 4 is 17.6 Å². The van der Waals surface area contributed by atoms with Crippen molar-refractivity contribution in [1.82, 2.24) is 9.78 Å². The molecule has 1 aliphatic rings. The summed E-state index contributed by atoms with van der Waals surface area (Å²) in [7, 11) is 0. The predicted octanol–water partition coefficient (Wildman–Crippen LogP) is 2.35. The van der Waals surface area contributed by atoms with Gasteiger partial charge in [-0.15, -0.1) is 0 Å². The average molecular weight is 380 g/mol. The first-order chi connectivity index (χ1) is 13.5. The number of fused-ring (bicyclic) bond motifs is 1. The van der Waals surface area contributed by atoms with Gasteiger partial charge in [0.05, 0.1) is 11.9 Å². The van der Waals surface area contributed by atoms with Crippen LogP contribution in [0.1, 0.15) is 23.5 Å². The number of aromatic nitrogens is 2. The fraction of sp³-hybridized carbons (Fsp3) is 0.150. The van der Waals surface area contributed by atoms with Crippen LogP contribution in [-0.2, 0) is 9.59 Å². The predicted molar refractivity (Wildman–Crippen MR) is 99.7 cm³/mol. The van der Waals surface area contributed by atoms with Crippen LogP contribution in [-0.4, -0.2) is 28.2 Å². The Bertz CT molecular complexity index is 1050. The molecule has 1 aromatic heterocycles. The van der Waals surface area contributed by atoms with Gasteiger partial charge in [0.2, 0.25) is 5.91 Å². The van der Waals surface area contributed by atoms with E-state index in [0.29, 0.717) is 17.3 Å². The van der Waals surface area contributed by atoms with Crippen molar-refractivity contribution in [3.05, 3.63) is 71.7 Å². The number of nitrogens with two attached hydrogens (primary N) is 1. The number of hydrogen-bond acceptors (Lipinski definition) is 4. The maximum absolute atomic E-state index is 13.6. The van der Waals surface area contributed by atoms with E-state index in [1.807, 2.05) is 12.1 Å². The van der Waals surface area contributed by atoms with Gasteiger partial charge in [-0.05, 0) is 35.9 Å². The normalized spacial score (nSPS) is 15.6. The molecule has 1 aliphatic heterocycles. The van der Waals surface area contributed by atoms with E-state index < -0.39 is 5.91 Å². The molecule has 1 unspecified atom stereocenters. The Balaban J connectivity index is 1.66. The van der Waals surface area contributed by atoms with Crippen LogP contribution in [0.25, 0.3) is 5.69 Å². The molecule has 0 saturated carbocycles. The van der Waals surface area contributed by atoms with E-state index in [-0.39, 0.29) is 30.7 Å². The molecular weight excluding hydrogens is 363 g/mol. The number of nitrogens with one attached hydrogen (secondary N) is 1. The van der Waals surface area contributed by atoms with Gasteiger partial charge in [0.15, 0.2) is 6.61 Å². The number of rotatable bonds is 5. The summed E-state index contributed by atoms with van der Waals surface area (Å²) in [5, 5.41) is 7.18. The summed E-state index contributed by atoms with van der Waals surface area (Å²) >= 11 is 0. The van der Waals surface area contributed by atoms with E-state index in [1.165, 1.54) is 16.8 Å². The first kappa shape index (κ1) is 17.7. The molecule has 28 heavy (non-hydrogen) atoms. The highest BCUT2D eigenvalue weighted by Gasteiger charge is 2.30. The lowest BCUT2D eigenvalue weighted by Gasteiger charge is -2.24. The lowest BCUT2D eigenvalue weighted by molar-refractivity contribution is -0.120. The molecule has 1 atom stereocenters. The molecule has 0 radical (unpaired) electrons. The Morgan fingerprint density at radius 3 is 2.79 bits per heavy atom. The summed E-state index contributed by atoms with van der Waals surface area (Å²) < 4.78 is 20.4. The standard InChI is InChI=1S/C20H17FN4O3/c21-13-2-1-3-14(8-13)25-20-17(10-23-25)16(9-19(27)24-20)12-4-6-15(7-5-12)28-11-18(22)26/h1-8,10,16H,9,11H2,(H2,22,26)(H,24,27). The number of ether oxygens (including phenoxy) is 1. The van der Waals surface area contributed by atoms with Crippen LogP contribution in [0, 0.1) is 5.82 Å². The van der Waals surface area contributed by atoms with Gasteiger partial charge in [0.1, 0.15) is 17.4 Å². The quantitative estimate of drug-likeness (QED) is 0.710. The van der Waals surface area contributed by atoms with Crippen molar-refractivity contribution in [1.29, 1.82) is 0 Å². The van der Waals surface area contributed by atoms with Crippen LogP contribution in [0.5, 0.6) is 5.75 Å². The molecule has 0 spiro atoms. The van der Waals surface area contributed by atoms with Gasteiger partial charge in [-0.25, -0.2) is 9.07 Å². The van der Waals surface area contributed by atoms with Crippen molar-refractivity contribution in [3.8, 4) is 11.4 Å². The summed E-state index contributed by atoms with van der Waals surface area (Å²) in [4.78, 5) is 23.1. The fourth-order valence-electron chi connectivity index (χ4n) is 3.27. The Morgan fingerprint density at radius 2 is 2.07 bits per heavy atom. The van der Waals surface area contributed by atoms with Crippen molar-refractivity contribution < 1.29 is 18.7 Å². The molecule has 0 fully saturated rings. The third-order valence-corrected chi connectivity index (χ3v) is 4.54. The van der Waals surface area contributed by atoms with Crippen LogP contribution in [0.4, 0.5) is 10.2 Å². The molecule has 0 saturated heterocycles. The first-order valence-electron chi connectivity index (χ1n) is 8.66. The second kappa shape index (κ2) is 7.15. The van der Waals surface area contributed by atoms with Gasteiger partial charge in [0, 0.05) is 17.9 Å². The SMILES string of the molecule is NC(=O)COc1ccc(C2CC(=O)Nc3c2cnn3-c2cccc(F)c2)cc1. The summed E-state index contributed by atoms with van der Waals surface area (Å²) in [6.07, 6.45) is 1.95. The van der Waals surface area contributed by atoms with Crippen LogP contribution in [0.3, 0.4) is 0 Å². The largest absolute Gasteiger partial charge is 0.484 e. The zero-order chi connectivity index (χ0) is 19.7. The molecule has 0 aliphatic carbocycles. The van der Waals surface area contributed by atoms with Crippen LogP contribution in [0.15, 0.2) is 54.7 Å². The number of carbonyl (C=O) groups is 2. The van der Waals surface area contributed by atoms with Crippen molar-refractivity contribution in [3.63, 3.8) is 0 Å². The number of hydrogen-bond donors (Lipinski definition) is 2. The van der Waals surface area contributed by atoms with Crippen LogP contribution >= 0.6 is 0 Å². The van der Waals surface area contributed by atoms with Gasteiger partial charge in [-0.1, -0.05) is 18.2 Å². The van der Waals surface area contributed by atoms with E-state index in [4.69, 9.17) is 10.5 Å². The molecule has 2 amide bonds. The van der Waals surface area contributed by atoms with E-state index in [2.05, 4.69) is 10.4 Å². The van der Waals surface area contributed by atoms with E-state index in [0.717, 1.165) is 11.1 Å². The third kappa shape index (κ3) is 3.44. The van der Waals surface area contributed by atoms with Crippen LogP contribution in [0.2, 0.25) is 0 Å². The van der Waals surface area contributed by atoms with E-state index >= 15 is 0 Å². The molecule has 8 heteroatoms. The Kier molecular flexibility index (Phi) is 4.52. The smallest absolute Gasteiger partial charge is 0.255 e. The van der Waals surface area contributed by atoms with Crippen molar-refractivity contribution in [2.24, 2.45) is 5.73 Å². The van der Waals surface area contributed by atoms with Crippen LogP contribution < -0.4 is 15.8 Å². The Morgan fingerprint density at radius 1 is 1.29 bits per heavy atom. The molecule has 2 aromatic carbocycles. The van der Waals surface area contributed by atoms with Gasteiger partial charge in [-0.3, -0.25) is 9.59 Å². The lowest BCUT2D eigenvalue weighted by atomic mass is 9.87. The number of halogens is 1. The summed E-state index contributed by atoms with van der Waals surface area (Å²) in [5.41, 5.74) is 7.35. The van der Waals surface area contributed by atoms with Crippen molar-refractivity contribution in [2.75, 3.05) is 11.9 Å². The minimum Gasteiger partial charge on any atom is -0.484 e. The van der Waals surface area contributed by atoms with E-state index in [9.17, 15) is 14.0 Å². The summed E-state index contributed by atoms with van der Waals surface area (Å²) in [5.74, 6) is -0.241. The topological polar surface area (TPSA) is 99.2 Å². The highest BCUT2D eigenvalue weighted by atomic mass is 19.1. The number of anilines is 1. The van der Waals surface area contributed by atoms with Gasteiger partial charge < -0.3 is 15.8 Å². The molecule has 3 N–H and O–H groups in total. The minimum atomic E-state index is -0.553. The number of primary amides is 1. The number of carbonyl (C=O) groups excluding carboxylic acids is 2.